The predicted octanol–water partition coefficient (Wildman–Crippen LogP) is 2.99. The standard InChI is InChI=1S/C18H15N5O/c1-12-2-4-13(5-3-12)9-23-10-15(11-24)16-8-14(6-7-17(16)23)18-19-21-22-20-18/h2-8,10-11H,9H2,1H3,(H,19,20,21,22). The predicted molar refractivity (Wildman–Crippen MR) is 90.8 cm³/mol. The van der Waals surface area contributed by atoms with Gasteiger partial charge in [-0.1, -0.05) is 29.8 Å². The number of carbonyl (C=O) groups excluding carboxylic acids is 1. The minimum absolute atomic E-state index is 0.514. The summed E-state index contributed by atoms with van der Waals surface area (Å²) < 4.78 is 2.09. The van der Waals surface area contributed by atoms with Gasteiger partial charge in [-0.25, -0.2) is 0 Å². The van der Waals surface area contributed by atoms with Gasteiger partial charge < -0.3 is 4.57 Å². The fourth-order valence-corrected chi connectivity index (χ4v) is 2.86. The van der Waals surface area contributed by atoms with Crippen molar-refractivity contribution < 1.29 is 4.79 Å². The first-order valence-corrected chi connectivity index (χ1v) is 7.62. The Morgan fingerprint density at radius 2 is 2.00 bits per heavy atom. The number of nitrogens with zero attached hydrogens (tertiary/aromatic N) is 4. The number of rotatable bonds is 4. The molecule has 0 amide bonds. The largest absolute Gasteiger partial charge is 0.342 e. The topological polar surface area (TPSA) is 76.5 Å². The molecule has 2 heterocycles. The second-order valence-electron chi connectivity index (χ2n) is 5.78. The summed E-state index contributed by atoms with van der Waals surface area (Å²) in [5, 5.41) is 14.9. The molecule has 0 atom stereocenters. The van der Waals surface area contributed by atoms with E-state index in [2.05, 4.69) is 56.4 Å². The molecule has 0 saturated heterocycles. The van der Waals surface area contributed by atoms with Crippen LogP contribution >= 0.6 is 0 Å². The number of aryl methyl sites for hydroxylation is 1. The van der Waals surface area contributed by atoms with E-state index in [0.717, 1.165) is 22.8 Å². The van der Waals surface area contributed by atoms with Crippen molar-refractivity contribution in [1.29, 1.82) is 0 Å². The van der Waals surface area contributed by atoms with Crippen LogP contribution in [0.3, 0.4) is 0 Å². The second-order valence-corrected chi connectivity index (χ2v) is 5.78. The molecule has 0 unspecified atom stereocenters. The van der Waals surface area contributed by atoms with Gasteiger partial charge in [-0.15, -0.1) is 10.2 Å². The molecule has 118 valence electrons. The van der Waals surface area contributed by atoms with Gasteiger partial charge in [0.1, 0.15) is 0 Å². The van der Waals surface area contributed by atoms with Gasteiger partial charge in [0.15, 0.2) is 6.29 Å². The van der Waals surface area contributed by atoms with E-state index in [-0.39, 0.29) is 0 Å². The molecule has 2 aromatic heterocycles. The Hall–Kier alpha value is -3.28. The molecule has 0 radical (unpaired) electrons. The number of tetrazole rings is 1. The fraction of sp³-hybridized carbons (Fsp3) is 0.111. The number of H-pyrrole nitrogens is 1. The highest BCUT2D eigenvalue weighted by atomic mass is 16.1. The summed E-state index contributed by atoms with van der Waals surface area (Å²) in [4.78, 5) is 11.5. The van der Waals surface area contributed by atoms with E-state index in [9.17, 15) is 4.79 Å². The van der Waals surface area contributed by atoms with Crippen molar-refractivity contribution in [2.45, 2.75) is 13.5 Å². The molecule has 0 saturated carbocycles. The van der Waals surface area contributed by atoms with E-state index in [1.165, 1.54) is 11.1 Å². The third kappa shape index (κ3) is 2.48. The molecule has 24 heavy (non-hydrogen) atoms. The van der Waals surface area contributed by atoms with Crippen LogP contribution in [0.2, 0.25) is 0 Å². The SMILES string of the molecule is Cc1ccc(Cn2cc(C=O)c3cc(-c4nn[nH]n4)ccc32)cc1. The quantitative estimate of drug-likeness (QED) is 0.587. The lowest BCUT2D eigenvalue weighted by molar-refractivity contribution is 0.112. The van der Waals surface area contributed by atoms with Crippen LogP contribution in [0.1, 0.15) is 21.5 Å². The molecule has 4 aromatic rings. The molecule has 0 fully saturated rings. The summed E-state index contributed by atoms with van der Waals surface area (Å²) in [7, 11) is 0. The van der Waals surface area contributed by atoms with Crippen LogP contribution in [0, 0.1) is 6.92 Å². The molecule has 0 aliphatic carbocycles. The highest BCUT2D eigenvalue weighted by molar-refractivity contribution is 5.99. The second kappa shape index (κ2) is 5.73. The van der Waals surface area contributed by atoms with E-state index in [4.69, 9.17) is 0 Å². The molecular weight excluding hydrogens is 302 g/mol. The number of hydrogen-bond acceptors (Lipinski definition) is 4. The molecule has 2 aromatic carbocycles. The van der Waals surface area contributed by atoms with Crippen molar-refractivity contribution in [3.8, 4) is 11.4 Å². The first-order chi connectivity index (χ1) is 11.7. The Labute approximate surface area is 138 Å². The summed E-state index contributed by atoms with van der Waals surface area (Å²) in [6.45, 7) is 2.78. The van der Waals surface area contributed by atoms with Gasteiger partial charge in [0.25, 0.3) is 0 Å². The molecular formula is C18H15N5O. The number of nitrogens with one attached hydrogen (secondary N) is 1. The fourth-order valence-electron chi connectivity index (χ4n) is 2.86. The number of benzene rings is 2. The van der Waals surface area contributed by atoms with Gasteiger partial charge in [0, 0.05) is 34.8 Å². The number of carbonyl (C=O) groups is 1. The zero-order valence-corrected chi connectivity index (χ0v) is 13.1. The third-order valence-electron chi connectivity index (χ3n) is 4.12. The zero-order valence-electron chi connectivity index (χ0n) is 13.1. The molecule has 0 aliphatic rings. The van der Waals surface area contributed by atoms with Crippen LogP contribution in [-0.4, -0.2) is 31.5 Å². The number of aromatic amines is 1. The molecule has 4 rings (SSSR count). The van der Waals surface area contributed by atoms with E-state index < -0.39 is 0 Å². The minimum Gasteiger partial charge on any atom is -0.342 e. The van der Waals surface area contributed by atoms with Gasteiger partial charge in [-0.05, 0) is 35.9 Å². The molecule has 0 bridgehead atoms. The zero-order chi connectivity index (χ0) is 16.5. The summed E-state index contributed by atoms with van der Waals surface area (Å²) in [6, 6.07) is 14.3. The van der Waals surface area contributed by atoms with E-state index in [1.54, 1.807) is 0 Å². The smallest absolute Gasteiger partial charge is 0.204 e. The average Bonchev–Trinajstić information content (AvgIpc) is 3.25. The van der Waals surface area contributed by atoms with E-state index in [0.29, 0.717) is 17.9 Å². The Bertz CT molecular complexity index is 1000. The number of aldehydes is 1. The molecule has 0 aliphatic heterocycles. The Kier molecular flexibility index (Phi) is 3.42. The Morgan fingerprint density at radius 1 is 1.17 bits per heavy atom. The first kappa shape index (κ1) is 14.3. The average molecular weight is 317 g/mol. The summed E-state index contributed by atoms with van der Waals surface area (Å²) in [5.41, 5.74) is 4.91. The van der Waals surface area contributed by atoms with Crippen molar-refractivity contribution >= 4 is 17.2 Å². The lowest BCUT2D eigenvalue weighted by atomic mass is 10.1. The molecule has 6 nitrogen and oxygen atoms in total. The Morgan fingerprint density at radius 3 is 2.71 bits per heavy atom. The number of fused-ring (bicyclic) bond motifs is 1. The van der Waals surface area contributed by atoms with Crippen molar-refractivity contribution in [2.24, 2.45) is 0 Å². The maximum atomic E-state index is 11.5. The van der Waals surface area contributed by atoms with Gasteiger partial charge >= 0.3 is 0 Å². The van der Waals surface area contributed by atoms with Gasteiger partial charge in [-0.2, -0.15) is 5.21 Å². The van der Waals surface area contributed by atoms with Crippen LogP contribution in [0.25, 0.3) is 22.3 Å². The van der Waals surface area contributed by atoms with E-state index in [1.807, 2.05) is 24.4 Å². The molecule has 1 N–H and O–H groups in total. The van der Waals surface area contributed by atoms with Crippen molar-refractivity contribution in [2.75, 3.05) is 0 Å². The highest BCUT2D eigenvalue weighted by Gasteiger charge is 2.11. The summed E-state index contributed by atoms with van der Waals surface area (Å²) in [5.74, 6) is 0.514. The van der Waals surface area contributed by atoms with Crippen LogP contribution in [-0.2, 0) is 6.54 Å². The number of aromatic nitrogens is 5. The molecule has 6 heteroatoms. The summed E-state index contributed by atoms with van der Waals surface area (Å²) in [6.07, 6.45) is 2.77. The highest BCUT2D eigenvalue weighted by Crippen LogP contribution is 2.26. The normalized spacial score (nSPS) is 11.0. The van der Waals surface area contributed by atoms with Crippen LogP contribution in [0.5, 0.6) is 0 Å². The maximum absolute atomic E-state index is 11.5. The number of hydrogen-bond donors (Lipinski definition) is 1. The van der Waals surface area contributed by atoms with Crippen molar-refractivity contribution in [3.05, 3.63) is 65.4 Å². The van der Waals surface area contributed by atoms with Gasteiger partial charge in [0.05, 0.1) is 0 Å². The molecule has 0 spiro atoms. The maximum Gasteiger partial charge on any atom is 0.204 e. The van der Waals surface area contributed by atoms with Crippen LogP contribution < -0.4 is 0 Å². The van der Waals surface area contributed by atoms with Crippen molar-refractivity contribution in [3.63, 3.8) is 0 Å². The third-order valence-corrected chi connectivity index (χ3v) is 4.12. The van der Waals surface area contributed by atoms with Crippen LogP contribution in [0.4, 0.5) is 0 Å². The minimum atomic E-state index is 0.514. The lowest BCUT2D eigenvalue weighted by Crippen LogP contribution is -1.97. The monoisotopic (exact) mass is 317 g/mol. The Balaban J connectivity index is 1.79. The lowest BCUT2D eigenvalue weighted by Gasteiger charge is -2.06. The van der Waals surface area contributed by atoms with E-state index >= 15 is 0 Å². The first-order valence-electron chi connectivity index (χ1n) is 7.62. The van der Waals surface area contributed by atoms with Gasteiger partial charge in [0.2, 0.25) is 5.82 Å². The summed E-state index contributed by atoms with van der Waals surface area (Å²) >= 11 is 0. The van der Waals surface area contributed by atoms with Crippen LogP contribution in [0.15, 0.2) is 48.7 Å². The van der Waals surface area contributed by atoms with Crippen molar-refractivity contribution in [1.82, 2.24) is 25.2 Å². The van der Waals surface area contributed by atoms with Gasteiger partial charge in [-0.3, -0.25) is 4.79 Å².